The first kappa shape index (κ1) is 22.0. The molecule has 2 heterocycles. The Balaban J connectivity index is 1.38. The van der Waals surface area contributed by atoms with E-state index in [0.29, 0.717) is 31.0 Å². The van der Waals surface area contributed by atoms with E-state index >= 15 is 0 Å². The van der Waals surface area contributed by atoms with E-state index in [-0.39, 0.29) is 18.4 Å². The molecule has 0 bridgehead atoms. The van der Waals surface area contributed by atoms with Gasteiger partial charge < -0.3 is 24.0 Å². The van der Waals surface area contributed by atoms with Gasteiger partial charge in [-0.3, -0.25) is 4.79 Å². The van der Waals surface area contributed by atoms with Crippen LogP contribution >= 0.6 is 0 Å². The Labute approximate surface area is 198 Å². The molecule has 174 valence electrons. The molecule has 2 unspecified atom stereocenters. The lowest BCUT2D eigenvalue weighted by molar-refractivity contribution is -0.117. The maximum atomic E-state index is 12.8. The number of carbonyl (C=O) groups is 1. The van der Waals surface area contributed by atoms with E-state index in [2.05, 4.69) is 0 Å². The van der Waals surface area contributed by atoms with Crippen LogP contribution in [-0.4, -0.2) is 46.9 Å². The molecule has 1 saturated heterocycles. The number of aromatic nitrogens is 2. The number of fused-ring (bicyclic) bond motifs is 1. The van der Waals surface area contributed by atoms with Gasteiger partial charge in [0.05, 0.1) is 24.7 Å². The van der Waals surface area contributed by atoms with Crippen molar-refractivity contribution < 1.29 is 19.4 Å². The number of benzene rings is 3. The third kappa shape index (κ3) is 4.34. The number of anilines is 1. The molecule has 1 aromatic heterocycles. The van der Waals surface area contributed by atoms with Crippen molar-refractivity contribution in [2.45, 2.75) is 25.0 Å². The lowest BCUT2D eigenvalue weighted by Gasteiger charge is -2.19. The van der Waals surface area contributed by atoms with Gasteiger partial charge >= 0.3 is 0 Å². The van der Waals surface area contributed by atoms with Crippen LogP contribution in [0.2, 0.25) is 0 Å². The number of hydrogen-bond acceptors (Lipinski definition) is 5. The van der Waals surface area contributed by atoms with Gasteiger partial charge in [0.1, 0.15) is 18.5 Å². The third-order valence-electron chi connectivity index (χ3n) is 6.14. The van der Waals surface area contributed by atoms with Crippen molar-refractivity contribution in [3.05, 3.63) is 84.7 Å². The third-order valence-corrected chi connectivity index (χ3v) is 6.14. The smallest absolute Gasteiger partial charge is 0.227 e. The van der Waals surface area contributed by atoms with Gasteiger partial charge in [-0.25, -0.2) is 4.98 Å². The minimum absolute atomic E-state index is 0.0672. The van der Waals surface area contributed by atoms with Gasteiger partial charge in [-0.2, -0.15) is 0 Å². The quantitative estimate of drug-likeness (QED) is 0.433. The van der Waals surface area contributed by atoms with E-state index in [1.165, 1.54) is 0 Å². The molecule has 0 saturated carbocycles. The molecule has 4 aromatic rings. The largest absolute Gasteiger partial charge is 0.493 e. The predicted molar refractivity (Wildman–Crippen MR) is 130 cm³/mol. The standard InChI is InChI=1S/C27H27N3O4/c1-33-24-13-7-8-14-25(24)34-18-21(31)17-30-23-12-6-5-11-22(23)28-27(30)19-15-26(32)29(16-19)20-9-3-2-4-10-20/h2-14,19,21,31H,15-18H2,1H3. The highest BCUT2D eigenvalue weighted by Crippen LogP contribution is 2.33. The van der Waals surface area contributed by atoms with Crippen LogP contribution in [0.15, 0.2) is 78.9 Å². The number of amides is 1. The molecule has 7 heteroatoms. The first-order chi connectivity index (χ1) is 16.6. The zero-order chi connectivity index (χ0) is 23.5. The van der Waals surface area contributed by atoms with Crippen LogP contribution in [-0.2, 0) is 11.3 Å². The van der Waals surface area contributed by atoms with E-state index < -0.39 is 6.10 Å². The maximum Gasteiger partial charge on any atom is 0.227 e. The fourth-order valence-corrected chi connectivity index (χ4v) is 4.52. The van der Waals surface area contributed by atoms with Gasteiger partial charge in [-0.15, -0.1) is 0 Å². The van der Waals surface area contributed by atoms with Crippen LogP contribution in [0.3, 0.4) is 0 Å². The molecule has 1 fully saturated rings. The van der Waals surface area contributed by atoms with Crippen molar-refractivity contribution in [3.63, 3.8) is 0 Å². The number of carbonyl (C=O) groups excluding carboxylic acids is 1. The zero-order valence-electron chi connectivity index (χ0n) is 19.0. The summed E-state index contributed by atoms with van der Waals surface area (Å²) < 4.78 is 13.2. The van der Waals surface area contributed by atoms with Crippen molar-refractivity contribution in [2.24, 2.45) is 0 Å². The fourth-order valence-electron chi connectivity index (χ4n) is 4.52. The molecule has 0 spiro atoms. The first-order valence-electron chi connectivity index (χ1n) is 11.4. The minimum Gasteiger partial charge on any atom is -0.493 e. The molecule has 1 aliphatic rings. The Morgan fingerprint density at radius 2 is 1.71 bits per heavy atom. The highest BCUT2D eigenvalue weighted by atomic mass is 16.5. The number of aliphatic hydroxyl groups excluding tert-OH is 1. The lowest BCUT2D eigenvalue weighted by atomic mass is 10.1. The average Bonchev–Trinajstić information content (AvgIpc) is 3.44. The van der Waals surface area contributed by atoms with E-state index in [1.807, 2.05) is 88.3 Å². The van der Waals surface area contributed by atoms with Crippen LogP contribution in [0.1, 0.15) is 18.2 Å². The zero-order valence-corrected chi connectivity index (χ0v) is 19.0. The summed E-state index contributed by atoms with van der Waals surface area (Å²) in [6.07, 6.45) is -0.393. The molecule has 3 aromatic carbocycles. The number of imidazole rings is 1. The molecule has 0 radical (unpaired) electrons. The summed E-state index contributed by atoms with van der Waals surface area (Å²) in [6.45, 7) is 0.965. The highest BCUT2D eigenvalue weighted by Gasteiger charge is 2.35. The Bertz CT molecular complexity index is 1290. The summed E-state index contributed by atoms with van der Waals surface area (Å²) >= 11 is 0. The van der Waals surface area contributed by atoms with Crippen molar-refractivity contribution in [1.29, 1.82) is 0 Å². The SMILES string of the molecule is COc1ccccc1OCC(O)Cn1c(C2CC(=O)N(c3ccccc3)C2)nc2ccccc21. The molecule has 34 heavy (non-hydrogen) atoms. The Kier molecular flexibility index (Phi) is 6.18. The van der Waals surface area contributed by atoms with Crippen molar-refractivity contribution in [1.82, 2.24) is 9.55 Å². The molecule has 7 nitrogen and oxygen atoms in total. The molecule has 1 aliphatic heterocycles. The molecule has 2 atom stereocenters. The van der Waals surface area contributed by atoms with Crippen LogP contribution in [0, 0.1) is 0 Å². The van der Waals surface area contributed by atoms with Gasteiger partial charge in [-0.05, 0) is 36.4 Å². The minimum atomic E-state index is -0.774. The molecule has 5 rings (SSSR count). The number of aliphatic hydroxyl groups is 1. The summed E-state index contributed by atoms with van der Waals surface area (Å²) in [7, 11) is 1.59. The molecular formula is C27H27N3O4. The van der Waals surface area contributed by atoms with Gasteiger partial charge in [0.15, 0.2) is 11.5 Å². The number of ether oxygens (including phenoxy) is 2. The number of para-hydroxylation sites is 5. The number of nitrogens with zero attached hydrogens (tertiary/aromatic N) is 3. The molecule has 0 aliphatic carbocycles. The molecular weight excluding hydrogens is 430 g/mol. The van der Waals surface area contributed by atoms with Gasteiger partial charge in [-0.1, -0.05) is 42.5 Å². The summed E-state index contributed by atoms with van der Waals surface area (Å²) in [5.74, 6) is 2.02. The van der Waals surface area contributed by atoms with E-state index in [0.717, 1.165) is 22.5 Å². The molecule has 1 N–H and O–H groups in total. The second-order valence-electron chi connectivity index (χ2n) is 8.43. The van der Waals surface area contributed by atoms with Crippen LogP contribution in [0.5, 0.6) is 11.5 Å². The Morgan fingerprint density at radius 3 is 2.50 bits per heavy atom. The van der Waals surface area contributed by atoms with Crippen LogP contribution in [0.25, 0.3) is 11.0 Å². The number of rotatable bonds is 8. The first-order valence-corrected chi connectivity index (χ1v) is 11.4. The Morgan fingerprint density at radius 1 is 1.00 bits per heavy atom. The number of hydrogen-bond donors (Lipinski definition) is 1. The second-order valence-corrected chi connectivity index (χ2v) is 8.43. The normalized spacial score (nSPS) is 16.7. The van der Waals surface area contributed by atoms with E-state index in [9.17, 15) is 9.90 Å². The van der Waals surface area contributed by atoms with Crippen molar-refractivity contribution >= 4 is 22.6 Å². The monoisotopic (exact) mass is 457 g/mol. The van der Waals surface area contributed by atoms with Gasteiger partial charge in [0.25, 0.3) is 0 Å². The predicted octanol–water partition coefficient (Wildman–Crippen LogP) is 4.01. The summed E-state index contributed by atoms with van der Waals surface area (Å²) in [4.78, 5) is 19.5. The maximum absolute atomic E-state index is 12.8. The van der Waals surface area contributed by atoms with E-state index in [4.69, 9.17) is 14.5 Å². The van der Waals surface area contributed by atoms with E-state index in [1.54, 1.807) is 7.11 Å². The van der Waals surface area contributed by atoms with Crippen molar-refractivity contribution in [3.8, 4) is 11.5 Å². The average molecular weight is 458 g/mol. The summed E-state index contributed by atoms with van der Waals surface area (Å²) in [6, 6.07) is 24.9. The van der Waals surface area contributed by atoms with Crippen LogP contribution < -0.4 is 14.4 Å². The number of methoxy groups -OCH3 is 1. The van der Waals surface area contributed by atoms with Gasteiger partial charge in [0.2, 0.25) is 5.91 Å². The van der Waals surface area contributed by atoms with Gasteiger partial charge in [0, 0.05) is 24.6 Å². The topological polar surface area (TPSA) is 76.8 Å². The molecule has 1 amide bonds. The highest BCUT2D eigenvalue weighted by molar-refractivity contribution is 5.96. The Hall–Kier alpha value is -3.84. The summed E-state index contributed by atoms with van der Waals surface area (Å²) in [5, 5.41) is 10.9. The summed E-state index contributed by atoms with van der Waals surface area (Å²) in [5.41, 5.74) is 2.67. The van der Waals surface area contributed by atoms with Crippen molar-refractivity contribution in [2.75, 3.05) is 25.2 Å². The van der Waals surface area contributed by atoms with Crippen LogP contribution in [0.4, 0.5) is 5.69 Å². The fraction of sp³-hybridized carbons (Fsp3) is 0.259. The second kappa shape index (κ2) is 9.57. The lowest BCUT2D eigenvalue weighted by Crippen LogP contribution is -2.26.